The smallest absolute Gasteiger partial charge is 0.311 e. The van der Waals surface area contributed by atoms with Crippen LogP contribution in [-0.2, 0) is 16.0 Å². The van der Waals surface area contributed by atoms with Crippen molar-refractivity contribution in [3.8, 4) is 5.75 Å². The molecule has 1 aliphatic heterocycles. The quantitative estimate of drug-likeness (QED) is 0.357. The molecule has 2 heterocycles. The van der Waals surface area contributed by atoms with Gasteiger partial charge in [-0.05, 0) is 23.8 Å². The number of likely N-dealkylation sites (tertiary alicyclic amines) is 1. The lowest BCUT2D eigenvalue weighted by molar-refractivity contribution is -0.138. The van der Waals surface area contributed by atoms with Gasteiger partial charge in [-0.2, -0.15) is 0 Å². The topological polar surface area (TPSA) is 130 Å². The maximum atomic E-state index is 12.0. The number of halogens is 1. The van der Waals surface area contributed by atoms with Gasteiger partial charge in [-0.3, -0.25) is 15.0 Å². The van der Waals surface area contributed by atoms with E-state index in [0.717, 1.165) is 17.2 Å². The predicted octanol–water partition coefficient (Wildman–Crippen LogP) is 3.55. The number of amidine groups is 1. The Morgan fingerprint density at radius 1 is 1.27 bits per heavy atom. The number of rotatable bonds is 7. The van der Waals surface area contributed by atoms with Gasteiger partial charge in [0.05, 0.1) is 18.7 Å². The minimum Gasteiger partial charge on any atom is -0.489 e. The molecule has 0 saturated carbocycles. The Hall–Kier alpha value is -3.52. The van der Waals surface area contributed by atoms with Crippen LogP contribution in [0.4, 0.5) is 0 Å². The Balaban J connectivity index is 0.00000306. The second kappa shape index (κ2) is 9.95. The van der Waals surface area contributed by atoms with Crippen molar-refractivity contribution < 1.29 is 23.8 Å². The molecule has 1 saturated heterocycles. The van der Waals surface area contributed by atoms with Crippen LogP contribution in [0.1, 0.15) is 36.1 Å². The van der Waals surface area contributed by atoms with E-state index in [4.69, 9.17) is 20.3 Å². The summed E-state index contributed by atoms with van der Waals surface area (Å²) in [5, 5.41) is 19.0. The third-order valence-electron chi connectivity index (χ3n) is 5.85. The highest BCUT2D eigenvalue weighted by Gasteiger charge is 2.26. The SMILES string of the molecule is CC(=O)N1CC[C@H](Oc2ccc(C(Cc3occ4cc(C(=N)N)ccc34)C(=O)O)cc2)C1.Cl. The number of carbonyl (C=O) groups excluding carboxylic acids is 1. The van der Waals surface area contributed by atoms with Crippen LogP contribution in [-0.4, -0.2) is 46.9 Å². The molecule has 8 nitrogen and oxygen atoms in total. The number of furan rings is 1. The summed E-state index contributed by atoms with van der Waals surface area (Å²) in [5.41, 5.74) is 6.77. The maximum Gasteiger partial charge on any atom is 0.311 e. The zero-order valence-corrected chi connectivity index (χ0v) is 18.9. The van der Waals surface area contributed by atoms with Crippen molar-refractivity contribution in [2.45, 2.75) is 31.8 Å². The van der Waals surface area contributed by atoms with E-state index in [2.05, 4.69) is 0 Å². The number of amides is 1. The number of fused-ring (bicyclic) bond motifs is 1. The van der Waals surface area contributed by atoms with Gasteiger partial charge in [0, 0.05) is 42.6 Å². The Morgan fingerprint density at radius 2 is 2.00 bits per heavy atom. The van der Waals surface area contributed by atoms with E-state index in [0.29, 0.717) is 35.7 Å². The average Bonchev–Trinajstić information content (AvgIpc) is 3.39. The molecule has 2 aromatic carbocycles. The summed E-state index contributed by atoms with van der Waals surface area (Å²) >= 11 is 0. The first-order valence-electron chi connectivity index (χ1n) is 10.4. The van der Waals surface area contributed by atoms with Gasteiger partial charge in [0.15, 0.2) is 0 Å². The molecule has 1 aromatic heterocycles. The van der Waals surface area contributed by atoms with Crippen molar-refractivity contribution in [2.24, 2.45) is 5.73 Å². The molecule has 0 radical (unpaired) electrons. The number of aliphatic carboxylic acids is 1. The molecule has 4 N–H and O–H groups in total. The Kier molecular flexibility index (Phi) is 7.28. The molecule has 2 atom stereocenters. The van der Waals surface area contributed by atoms with Gasteiger partial charge in [-0.1, -0.05) is 24.3 Å². The van der Waals surface area contributed by atoms with Gasteiger partial charge in [-0.25, -0.2) is 0 Å². The summed E-state index contributed by atoms with van der Waals surface area (Å²) < 4.78 is 11.6. The fraction of sp³-hybridized carbons (Fsp3) is 0.292. The summed E-state index contributed by atoms with van der Waals surface area (Å²) in [5.74, 6) is -0.515. The van der Waals surface area contributed by atoms with E-state index in [1.54, 1.807) is 60.6 Å². The highest BCUT2D eigenvalue weighted by Crippen LogP contribution is 2.30. The van der Waals surface area contributed by atoms with Gasteiger partial charge in [0.1, 0.15) is 23.4 Å². The number of carboxylic acid groups (broad SMARTS) is 1. The standard InChI is InChI=1S/C24H25N3O5.ClH/c1-14(28)27-9-8-19(12-27)32-18-5-2-15(3-6-18)21(24(29)30)11-22-20-7-4-16(23(25)26)10-17(20)13-31-22;/h2-7,10,13,19,21H,8-9,11-12H2,1H3,(H3,25,26)(H,29,30);1H/t19-,21?;/m0./s1. The molecule has 1 unspecified atom stereocenters. The number of nitrogens with two attached hydrogens (primary N) is 1. The van der Waals surface area contributed by atoms with Crippen LogP contribution < -0.4 is 10.5 Å². The lowest BCUT2D eigenvalue weighted by atomic mass is 9.93. The molecule has 4 rings (SSSR count). The first kappa shape index (κ1) is 24.1. The van der Waals surface area contributed by atoms with Crippen LogP contribution in [0.15, 0.2) is 53.1 Å². The van der Waals surface area contributed by atoms with Crippen LogP contribution in [0.3, 0.4) is 0 Å². The molecule has 1 aliphatic rings. The fourth-order valence-electron chi connectivity index (χ4n) is 4.05. The molecule has 0 aliphatic carbocycles. The summed E-state index contributed by atoms with van der Waals surface area (Å²) in [6, 6.07) is 12.3. The third kappa shape index (κ3) is 5.28. The number of ether oxygens (including phenoxy) is 1. The second-order valence-electron chi connectivity index (χ2n) is 8.03. The van der Waals surface area contributed by atoms with Crippen molar-refractivity contribution in [1.82, 2.24) is 4.90 Å². The number of benzene rings is 2. The van der Waals surface area contributed by atoms with Crippen molar-refractivity contribution >= 4 is 40.9 Å². The molecule has 0 bridgehead atoms. The first-order chi connectivity index (χ1) is 15.3. The zero-order chi connectivity index (χ0) is 22.8. The van der Waals surface area contributed by atoms with E-state index in [1.165, 1.54) is 0 Å². The van der Waals surface area contributed by atoms with Crippen molar-refractivity contribution in [2.75, 3.05) is 13.1 Å². The van der Waals surface area contributed by atoms with Gasteiger partial charge in [0.2, 0.25) is 5.91 Å². The van der Waals surface area contributed by atoms with Crippen LogP contribution in [0.5, 0.6) is 5.75 Å². The van der Waals surface area contributed by atoms with Crippen LogP contribution in [0.25, 0.3) is 10.8 Å². The first-order valence-corrected chi connectivity index (χ1v) is 10.4. The molecule has 1 fully saturated rings. The summed E-state index contributed by atoms with van der Waals surface area (Å²) in [6.45, 7) is 2.80. The number of nitrogens with zero attached hydrogens (tertiary/aromatic N) is 1. The molecule has 3 aromatic rings. The molecule has 0 spiro atoms. The number of carboxylic acids is 1. The van der Waals surface area contributed by atoms with Crippen LogP contribution in [0, 0.1) is 5.41 Å². The second-order valence-corrected chi connectivity index (χ2v) is 8.03. The minimum atomic E-state index is -0.948. The molecule has 174 valence electrons. The number of hydrogen-bond acceptors (Lipinski definition) is 5. The minimum absolute atomic E-state index is 0. The number of carbonyl (C=O) groups is 2. The normalized spacial score (nSPS) is 16.3. The Morgan fingerprint density at radius 3 is 2.61 bits per heavy atom. The van der Waals surface area contributed by atoms with E-state index >= 15 is 0 Å². The average molecular weight is 472 g/mol. The van der Waals surface area contributed by atoms with Crippen molar-refractivity contribution in [1.29, 1.82) is 5.41 Å². The summed E-state index contributed by atoms with van der Waals surface area (Å²) in [4.78, 5) is 25.2. The predicted molar refractivity (Wildman–Crippen MR) is 126 cm³/mol. The largest absolute Gasteiger partial charge is 0.489 e. The van der Waals surface area contributed by atoms with Gasteiger partial charge >= 0.3 is 5.97 Å². The lowest BCUT2D eigenvalue weighted by Crippen LogP contribution is -2.28. The molecule has 33 heavy (non-hydrogen) atoms. The van der Waals surface area contributed by atoms with Gasteiger partial charge in [-0.15, -0.1) is 12.4 Å². The monoisotopic (exact) mass is 471 g/mol. The van der Waals surface area contributed by atoms with Crippen LogP contribution in [0.2, 0.25) is 0 Å². The molecular formula is C24H26ClN3O5. The maximum absolute atomic E-state index is 12.0. The van der Waals surface area contributed by atoms with E-state index in [9.17, 15) is 14.7 Å². The van der Waals surface area contributed by atoms with E-state index in [-0.39, 0.29) is 36.7 Å². The number of hydrogen-bond donors (Lipinski definition) is 3. The fourth-order valence-corrected chi connectivity index (χ4v) is 4.05. The van der Waals surface area contributed by atoms with E-state index in [1.807, 2.05) is 0 Å². The molecule has 1 amide bonds. The lowest BCUT2D eigenvalue weighted by Gasteiger charge is -2.16. The summed E-state index contributed by atoms with van der Waals surface area (Å²) in [6.07, 6.45) is 2.46. The summed E-state index contributed by atoms with van der Waals surface area (Å²) in [7, 11) is 0. The number of nitrogens with one attached hydrogen (secondary N) is 1. The van der Waals surface area contributed by atoms with E-state index < -0.39 is 11.9 Å². The molecular weight excluding hydrogens is 446 g/mol. The Labute approximate surface area is 197 Å². The Bertz CT molecular complexity index is 1170. The zero-order valence-electron chi connectivity index (χ0n) is 18.1. The van der Waals surface area contributed by atoms with Crippen molar-refractivity contribution in [3.63, 3.8) is 0 Å². The highest BCUT2D eigenvalue weighted by molar-refractivity contribution is 5.99. The third-order valence-corrected chi connectivity index (χ3v) is 5.85. The highest BCUT2D eigenvalue weighted by atomic mass is 35.5. The van der Waals surface area contributed by atoms with Gasteiger partial charge in [0.25, 0.3) is 0 Å². The molecule has 9 heteroatoms. The van der Waals surface area contributed by atoms with Crippen LogP contribution >= 0.6 is 12.4 Å². The van der Waals surface area contributed by atoms with Crippen molar-refractivity contribution in [3.05, 3.63) is 65.6 Å². The van der Waals surface area contributed by atoms with Gasteiger partial charge < -0.3 is 24.9 Å². The number of nitrogen functional groups attached to an aromatic ring is 1.